The van der Waals surface area contributed by atoms with Crippen molar-refractivity contribution >= 4 is 28.9 Å². The van der Waals surface area contributed by atoms with Crippen molar-refractivity contribution in [2.45, 2.75) is 6.54 Å². The second-order valence-electron chi connectivity index (χ2n) is 5.30. The summed E-state index contributed by atoms with van der Waals surface area (Å²) >= 11 is 1.03. The molecular formula is C16H15N5O2S. The van der Waals surface area contributed by atoms with Gasteiger partial charge in [0.05, 0.1) is 4.53 Å². The number of nitriles is 2. The number of hydrogen-bond donors (Lipinski definition) is 0. The number of rotatable bonds is 3. The van der Waals surface area contributed by atoms with Crippen molar-refractivity contribution < 1.29 is 4.79 Å². The van der Waals surface area contributed by atoms with E-state index in [0.29, 0.717) is 4.53 Å². The summed E-state index contributed by atoms with van der Waals surface area (Å²) in [4.78, 5) is 26.0. The summed E-state index contributed by atoms with van der Waals surface area (Å²) in [7, 11) is 5.02. The van der Waals surface area contributed by atoms with Crippen LogP contribution in [0.3, 0.4) is 0 Å². The Morgan fingerprint density at radius 1 is 1.38 bits per heavy atom. The van der Waals surface area contributed by atoms with Crippen LogP contribution in [0.1, 0.15) is 5.56 Å². The molecule has 0 aliphatic heterocycles. The zero-order valence-electron chi connectivity index (χ0n) is 13.5. The van der Waals surface area contributed by atoms with Crippen LogP contribution in [-0.2, 0) is 18.4 Å². The van der Waals surface area contributed by atoms with E-state index >= 15 is 0 Å². The molecule has 0 atom stereocenters. The van der Waals surface area contributed by atoms with Gasteiger partial charge in [-0.25, -0.2) is 0 Å². The lowest BCUT2D eigenvalue weighted by molar-refractivity contribution is -0.129. The van der Waals surface area contributed by atoms with E-state index in [9.17, 15) is 9.59 Å². The van der Waals surface area contributed by atoms with Gasteiger partial charge in [-0.15, -0.1) is 11.3 Å². The van der Waals surface area contributed by atoms with E-state index in [0.717, 1.165) is 16.9 Å². The van der Waals surface area contributed by atoms with Crippen molar-refractivity contribution in [1.29, 1.82) is 10.5 Å². The van der Waals surface area contributed by atoms with E-state index in [4.69, 9.17) is 10.5 Å². The SMILES string of the molecule is CN(C)C(=O)Cn1c(=C(C#N)C#N)sc(=Cc2ccn(C)c2)c1=O. The Balaban J connectivity index is 2.75. The van der Waals surface area contributed by atoms with Gasteiger partial charge in [-0.05, 0) is 17.7 Å². The van der Waals surface area contributed by atoms with Crippen LogP contribution in [0.5, 0.6) is 0 Å². The van der Waals surface area contributed by atoms with E-state index in [1.54, 1.807) is 32.3 Å². The number of hydrogen-bond acceptors (Lipinski definition) is 5. The third kappa shape index (κ3) is 3.45. The van der Waals surface area contributed by atoms with E-state index in [-0.39, 0.29) is 22.7 Å². The summed E-state index contributed by atoms with van der Waals surface area (Å²) < 4.78 is 3.59. The van der Waals surface area contributed by atoms with Gasteiger partial charge >= 0.3 is 0 Å². The smallest absolute Gasteiger partial charge is 0.269 e. The van der Waals surface area contributed by atoms with Gasteiger partial charge in [0.2, 0.25) is 5.91 Å². The first-order chi connectivity index (χ1) is 11.4. The molecular weight excluding hydrogens is 326 g/mol. The first-order valence-corrected chi connectivity index (χ1v) is 7.77. The average Bonchev–Trinajstić information content (AvgIpc) is 3.07. The summed E-state index contributed by atoms with van der Waals surface area (Å²) in [6.07, 6.45) is 5.36. The normalized spacial score (nSPS) is 11.0. The number of aromatic nitrogens is 2. The molecule has 8 heteroatoms. The molecule has 1 amide bonds. The second-order valence-corrected chi connectivity index (χ2v) is 6.33. The minimum Gasteiger partial charge on any atom is -0.357 e. The standard InChI is InChI=1S/C16H15N5O2S/c1-19(2)14(22)10-21-15(23)13(6-11-4-5-20(3)9-11)24-16(21)12(7-17)8-18/h4-6,9H,10H2,1-3H3. The molecule has 122 valence electrons. The number of thiazole rings is 1. The van der Waals surface area contributed by atoms with Crippen molar-refractivity contribution in [1.82, 2.24) is 14.0 Å². The third-order valence-corrected chi connectivity index (χ3v) is 4.42. The van der Waals surface area contributed by atoms with Gasteiger partial charge in [-0.3, -0.25) is 14.2 Å². The van der Waals surface area contributed by atoms with Crippen LogP contribution in [0, 0.1) is 22.7 Å². The second kappa shape index (κ2) is 6.99. The largest absolute Gasteiger partial charge is 0.357 e. The van der Waals surface area contributed by atoms with Gasteiger partial charge in [0, 0.05) is 33.5 Å². The van der Waals surface area contributed by atoms with Gasteiger partial charge in [0.1, 0.15) is 23.3 Å². The molecule has 0 aromatic carbocycles. The highest BCUT2D eigenvalue weighted by Gasteiger charge is 2.13. The molecule has 0 aliphatic carbocycles. The molecule has 2 aromatic heterocycles. The Hall–Kier alpha value is -3.10. The van der Waals surface area contributed by atoms with Gasteiger partial charge in [0.25, 0.3) is 5.56 Å². The molecule has 2 heterocycles. The molecule has 0 bridgehead atoms. The fourth-order valence-electron chi connectivity index (χ4n) is 2.01. The van der Waals surface area contributed by atoms with Crippen LogP contribution in [0.4, 0.5) is 0 Å². The third-order valence-electron chi connectivity index (χ3n) is 3.29. The van der Waals surface area contributed by atoms with Crippen molar-refractivity contribution in [3.63, 3.8) is 0 Å². The van der Waals surface area contributed by atoms with Crippen molar-refractivity contribution in [2.24, 2.45) is 7.05 Å². The molecule has 2 rings (SSSR count). The predicted molar refractivity (Wildman–Crippen MR) is 90.1 cm³/mol. The highest BCUT2D eigenvalue weighted by atomic mass is 32.1. The predicted octanol–water partition coefficient (Wildman–Crippen LogP) is -0.637. The lowest BCUT2D eigenvalue weighted by atomic mass is 10.3. The number of carbonyl (C=O) groups excluding carboxylic acids is 1. The molecule has 0 aliphatic rings. The Bertz CT molecular complexity index is 1020. The van der Waals surface area contributed by atoms with E-state index in [1.165, 1.54) is 9.47 Å². The van der Waals surface area contributed by atoms with Gasteiger partial charge < -0.3 is 9.47 Å². The van der Waals surface area contributed by atoms with Gasteiger partial charge in [0.15, 0.2) is 5.57 Å². The molecule has 0 N–H and O–H groups in total. The molecule has 0 unspecified atom stereocenters. The van der Waals surface area contributed by atoms with Crippen molar-refractivity contribution in [3.8, 4) is 12.1 Å². The number of aryl methyl sites for hydroxylation is 1. The lowest BCUT2D eigenvalue weighted by Crippen LogP contribution is -2.38. The summed E-state index contributed by atoms with van der Waals surface area (Å²) in [5.74, 6) is -0.294. The maximum atomic E-state index is 12.6. The summed E-state index contributed by atoms with van der Waals surface area (Å²) in [5, 5.41) is 18.2. The maximum Gasteiger partial charge on any atom is 0.269 e. The molecule has 24 heavy (non-hydrogen) atoms. The van der Waals surface area contributed by atoms with Crippen molar-refractivity contribution in [2.75, 3.05) is 14.1 Å². The number of nitrogens with zero attached hydrogens (tertiary/aromatic N) is 5. The van der Waals surface area contributed by atoms with Crippen LogP contribution in [-0.4, -0.2) is 34.0 Å². The molecule has 0 radical (unpaired) electrons. The Morgan fingerprint density at radius 3 is 2.54 bits per heavy atom. The maximum absolute atomic E-state index is 12.6. The topological polar surface area (TPSA) is 94.8 Å². The molecule has 0 saturated carbocycles. The van der Waals surface area contributed by atoms with Crippen LogP contribution < -0.4 is 14.8 Å². The fraction of sp³-hybridized carbons (Fsp3) is 0.250. The number of likely N-dealkylation sites (N-methyl/N-ethyl adjacent to an activating group) is 1. The highest BCUT2D eigenvalue weighted by molar-refractivity contribution is 7.07. The van der Waals surface area contributed by atoms with Crippen LogP contribution in [0.15, 0.2) is 23.3 Å². The summed E-state index contributed by atoms with van der Waals surface area (Å²) in [5.41, 5.74) is 0.248. The number of carbonyl (C=O) groups is 1. The Morgan fingerprint density at radius 2 is 2.04 bits per heavy atom. The Labute approximate surface area is 142 Å². The molecule has 7 nitrogen and oxygen atoms in total. The highest BCUT2D eigenvalue weighted by Crippen LogP contribution is 2.00. The number of amides is 1. The van der Waals surface area contributed by atoms with E-state index in [2.05, 4.69) is 0 Å². The van der Waals surface area contributed by atoms with E-state index < -0.39 is 5.56 Å². The Kier molecular flexibility index (Phi) is 5.02. The van der Waals surface area contributed by atoms with Crippen LogP contribution in [0.25, 0.3) is 11.6 Å². The quantitative estimate of drug-likeness (QED) is 0.742. The molecule has 0 fully saturated rings. The van der Waals surface area contributed by atoms with E-state index in [1.807, 2.05) is 30.1 Å². The molecule has 0 spiro atoms. The van der Waals surface area contributed by atoms with Crippen LogP contribution >= 0.6 is 11.3 Å². The summed E-state index contributed by atoms with van der Waals surface area (Å²) in [6.45, 7) is -0.215. The van der Waals surface area contributed by atoms with Crippen LogP contribution in [0.2, 0.25) is 0 Å². The lowest BCUT2D eigenvalue weighted by Gasteiger charge is -2.10. The minimum absolute atomic E-state index is 0.184. The average molecular weight is 341 g/mol. The first kappa shape index (κ1) is 17.3. The molecule has 2 aromatic rings. The van der Waals surface area contributed by atoms with Gasteiger partial charge in [-0.1, -0.05) is 0 Å². The zero-order chi connectivity index (χ0) is 17.9. The monoisotopic (exact) mass is 341 g/mol. The van der Waals surface area contributed by atoms with Gasteiger partial charge in [-0.2, -0.15) is 10.5 Å². The molecule has 0 saturated heterocycles. The minimum atomic E-state index is -0.392. The fourth-order valence-corrected chi connectivity index (χ4v) is 3.06. The first-order valence-electron chi connectivity index (χ1n) is 6.95. The van der Waals surface area contributed by atoms with Crippen molar-refractivity contribution in [3.05, 3.63) is 43.6 Å². The zero-order valence-corrected chi connectivity index (χ0v) is 14.3. The summed E-state index contributed by atoms with van der Waals surface area (Å²) in [6, 6.07) is 5.41.